The predicted octanol–water partition coefficient (Wildman–Crippen LogP) is 5.47. The fourth-order valence-electron chi connectivity index (χ4n) is 1.91. The third-order valence-corrected chi connectivity index (χ3v) is 4.18. The molecular formula is C18H13ClO3S. The molecule has 23 heavy (non-hydrogen) atoms. The minimum atomic E-state index is -0.0321. The molecule has 0 saturated heterocycles. The fraction of sp³-hybridized carbons (Fsp3) is 0.0556. The molecule has 0 aliphatic heterocycles. The summed E-state index contributed by atoms with van der Waals surface area (Å²) >= 11 is 7.24. The number of ketones is 1. The minimum absolute atomic E-state index is 0.0321. The van der Waals surface area contributed by atoms with Gasteiger partial charge in [-0.1, -0.05) is 17.7 Å². The van der Waals surface area contributed by atoms with Gasteiger partial charge in [0.05, 0.1) is 4.88 Å². The third kappa shape index (κ3) is 4.34. The van der Waals surface area contributed by atoms with Crippen molar-refractivity contribution in [1.29, 1.82) is 0 Å². The van der Waals surface area contributed by atoms with Crippen molar-refractivity contribution >= 4 is 34.8 Å². The van der Waals surface area contributed by atoms with Crippen LogP contribution in [-0.2, 0) is 6.61 Å². The van der Waals surface area contributed by atoms with Crippen LogP contribution < -0.4 is 4.74 Å². The summed E-state index contributed by atoms with van der Waals surface area (Å²) in [6.45, 7) is 0.314. The van der Waals surface area contributed by atoms with Gasteiger partial charge in [-0.25, -0.2) is 0 Å². The van der Waals surface area contributed by atoms with Gasteiger partial charge in [0.2, 0.25) is 0 Å². The minimum Gasteiger partial charge on any atom is -0.486 e. The van der Waals surface area contributed by atoms with Crippen molar-refractivity contribution in [2.24, 2.45) is 0 Å². The first kappa shape index (κ1) is 15.6. The van der Waals surface area contributed by atoms with E-state index in [0.29, 0.717) is 28.0 Å². The number of thiophene rings is 1. The third-order valence-electron chi connectivity index (χ3n) is 3.04. The second-order valence-corrected chi connectivity index (χ2v) is 6.11. The molecule has 3 rings (SSSR count). The average Bonchev–Trinajstić information content (AvgIpc) is 3.24. The molecule has 0 fully saturated rings. The molecule has 116 valence electrons. The molecule has 0 aliphatic carbocycles. The van der Waals surface area contributed by atoms with Crippen LogP contribution in [0.15, 0.2) is 64.4 Å². The molecule has 0 saturated carbocycles. The van der Waals surface area contributed by atoms with E-state index >= 15 is 0 Å². The number of ether oxygens (including phenoxy) is 1. The molecule has 5 heteroatoms. The SMILES string of the molecule is O=C(/C=C/c1ccc(COc2ccc(Cl)cc2)o1)c1cccs1. The Labute approximate surface area is 142 Å². The highest BCUT2D eigenvalue weighted by atomic mass is 35.5. The van der Waals surface area contributed by atoms with Crippen LogP contribution in [0.25, 0.3) is 6.08 Å². The second kappa shape index (κ2) is 7.31. The van der Waals surface area contributed by atoms with Crippen LogP contribution >= 0.6 is 22.9 Å². The van der Waals surface area contributed by atoms with Crippen LogP contribution in [0, 0.1) is 0 Å². The zero-order valence-electron chi connectivity index (χ0n) is 12.1. The number of furan rings is 1. The topological polar surface area (TPSA) is 39.4 Å². The molecular weight excluding hydrogens is 332 g/mol. The second-order valence-electron chi connectivity index (χ2n) is 4.72. The summed E-state index contributed by atoms with van der Waals surface area (Å²) in [5.74, 6) is 1.99. The van der Waals surface area contributed by atoms with Gasteiger partial charge >= 0.3 is 0 Å². The van der Waals surface area contributed by atoms with Crippen molar-refractivity contribution in [3.63, 3.8) is 0 Å². The maximum absolute atomic E-state index is 11.9. The first-order valence-corrected chi connectivity index (χ1v) is 8.19. The Kier molecular flexibility index (Phi) is 4.95. The molecule has 0 amide bonds. The molecule has 0 unspecified atom stereocenters. The molecule has 0 spiro atoms. The van der Waals surface area contributed by atoms with Crippen molar-refractivity contribution in [2.75, 3.05) is 0 Å². The highest BCUT2D eigenvalue weighted by molar-refractivity contribution is 7.12. The summed E-state index contributed by atoms with van der Waals surface area (Å²) in [5, 5.41) is 2.54. The van der Waals surface area contributed by atoms with E-state index in [9.17, 15) is 4.79 Å². The van der Waals surface area contributed by atoms with Crippen LogP contribution in [0.1, 0.15) is 21.2 Å². The summed E-state index contributed by atoms with van der Waals surface area (Å²) in [6, 6.07) is 14.4. The Morgan fingerprint density at radius 3 is 2.74 bits per heavy atom. The molecule has 0 aliphatic rings. The van der Waals surface area contributed by atoms with E-state index in [1.165, 1.54) is 17.4 Å². The molecule has 2 heterocycles. The van der Waals surface area contributed by atoms with Gasteiger partial charge in [-0.3, -0.25) is 4.79 Å². The van der Waals surface area contributed by atoms with E-state index in [1.54, 1.807) is 42.5 Å². The number of benzene rings is 1. The average molecular weight is 345 g/mol. The molecule has 3 nitrogen and oxygen atoms in total. The van der Waals surface area contributed by atoms with Crippen LogP contribution in [-0.4, -0.2) is 5.78 Å². The summed E-state index contributed by atoms with van der Waals surface area (Å²) in [5.41, 5.74) is 0. The monoisotopic (exact) mass is 344 g/mol. The summed E-state index contributed by atoms with van der Waals surface area (Å²) < 4.78 is 11.2. The van der Waals surface area contributed by atoms with Gasteiger partial charge in [-0.2, -0.15) is 0 Å². The quantitative estimate of drug-likeness (QED) is 0.439. The molecule has 0 bridgehead atoms. The van der Waals surface area contributed by atoms with Crippen LogP contribution in [0.3, 0.4) is 0 Å². The number of halogens is 1. The van der Waals surface area contributed by atoms with Crippen molar-refractivity contribution in [2.45, 2.75) is 6.61 Å². The Bertz CT molecular complexity index is 801. The maximum Gasteiger partial charge on any atom is 0.195 e. The Morgan fingerprint density at radius 1 is 1.17 bits per heavy atom. The molecule has 0 radical (unpaired) electrons. The lowest BCUT2D eigenvalue weighted by Crippen LogP contribution is -1.93. The number of allylic oxidation sites excluding steroid dienone is 1. The lowest BCUT2D eigenvalue weighted by molar-refractivity contribution is 0.105. The first-order chi connectivity index (χ1) is 11.2. The Morgan fingerprint density at radius 2 is 2.00 bits per heavy atom. The van der Waals surface area contributed by atoms with Crippen molar-refractivity contribution < 1.29 is 13.9 Å². The molecule has 2 aromatic heterocycles. The van der Waals surface area contributed by atoms with E-state index in [2.05, 4.69) is 0 Å². The first-order valence-electron chi connectivity index (χ1n) is 6.94. The van der Waals surface area contributed by atoms with Crippen LogP contribution in [0.5, 0.6) is 5.75 Å². The predicted molar refractivity (Wildman–Crippen MR) is 92.2 cm³/mol. The fourth-order valence-corrected chi connectivity index (χ4v) is 2.68. The van der Waals surface area contributed by atoms with Crippen molar-refractivity contribution in [1.82, 2.24) is 0 Å². The highest BCUT2D eigenvalue weighted by Gasteiger charge is 2.04. The zero-order chi connectivity index (χ0) is 16.1. The number of carbonyl (C=O) groups is 1. The Balaban J connectivity index is 1.57. The molecule has 0 N–H and O–H groups in total. The van der Waals surface area contributed by atoms with Crippen LogP contribution in [0.4, 0.5) is 0 Å². The van der Waals surface area contributed by atoms with Gasteiger partial charge in [0.15, 0.2) is 5.78 Å². The molecule has 3 aromatic rings. The summed E-state index contributed by atoms with van der Waals surface area (Å²) in [7, 11) is 0. The van der Waals surface area contributed by atoms with E-state index in [1.807, 2.05) is 17.5 Å². The zero-order valence-corrected chi connectivity index (χ0v) is 13.6. The summed E-state index contributed by atoms with van der Waals surface area (Å²) in [4.78, 5) is 12.6. The van der Waals surface area contributed by atoms with Gasteiger partial charge in [0.1, 0.15) is 23.9 Å². The molecule has 1 aromatic carbocycles. The van der Waals surface area contributed by atoms with E-state index in [4.69, 9.17) is 20.8 Å². The number of rotatable bonds is 6. The van der Waals surface area contributed by atoms with Crippen molar-refractivity contribution in [3.8, 4) is 5.75 Å². The van der Waals surface area contributed by atoms with Gasteiger partial charge in [0, 0.05) is 5.02 Å². The number of carbonyl (C=O) groups excluding carboxylic acids is 1. The Hall–Kier alpha value is -2.30. The van der Waals surface area contributed by atoms with E-state index < -0.39 is 0 Å². The molecule has 0 atom stereocenters. The maximum atomic E-state index is 11.9. The van der Waals surface area contributed by atoms with E-state index in [-0.39, 0.29) is 5.78 Å². The highest BCUT2D eigenvalue weighted by Crippen LogP contribution is 2.18. The van der Waals surface area contributed by atoms with E-state index in [0.717, 1.165) is 5.75 Å². The van der Waals surface area contributed by atoms with Gasteiger partial charge in [0.25, 0.3) is 0 Å². The number of hydrogen-bond donors (Lipinski definition) is 0. The smallest absolute Gasteiger partial charge is 0.195 e. The largest absolute Gasteiger partial charge is 0.486 e. The summed E-state index contributed by atoms with van der Waals surface area (Å²) in [6.07, 6.45) is 3.17. The van der Waals surface area contributed by atoms with Crippen LogP contribution in [0.2, 0.25) is 5.02 Å². The lowest BCUT2D eigenvalue weighted by atomic mass is 10.3. The van der Waals surface area contributed by atoms with Gasteiger partial charge in [-0.05, 0) is 60.0 Å². The standard InChI is InChI=1S/C18H13ClO3S/c19-13-3-5-14(6-4-13)21-12-16-8-7-15(22-16)9-10-17(20)18-2-1-11-23-18/h1-11H,12H2/b10-9+. The normalized spacial score (nSPS) is 11.0. The van der Waals surface area contributed by atoms with Gasteiger partial charge in [-0.15, -0.1) is 11.3 Å². The van der Waals surface area contributed by atoms with Gasteiger partial charge < -0.3 is 9.15 Å². The lowest BCUT2D eigenvalue weighted by Gasteiger charge is -2.03. The number of hydrogen-bond acceptors (Lipinski definition) is 4. The van der Waals surface area contributed by atoms with Crippen molar-refractivity contribution in [3.05, 3.63) is 81.4 Å².